The molecule has 4 atom stereocenters. The fourth-order valence-electron chi connectivity index (χ4n) is 6.69. The highest BCUT2D eigenvalue weighted by Gasteiger charge is 2.64. The highest BCUT2D eigenvalue weighted by atomic mass is 19.1. The molecule has 0 saturated heterocycles. The zero-order chi connectivity index (χ0) is 33.1. The second-order valence-corrected chi connectivity index (χ2v) is 11.8. The molecule has 0 aliphatic heterocycles. The highest BCUT2D eigenvalue weighted by molar-refractivity contribution is 6.24. The number of fused-ring (bicyclic) bond motifs is 3. The smallest absolute Gasteiger partial charge is 0.412 e. The van der Waals surface area contributed by atoms with Crippen LogP contribution >= 0.6 is 0 Å². The normalized spacial score (nSPS) is 24.2. The number of carbonyl (C=O) groups excluding carboxylic acids is 4. The van der Waals surface area contributed by atoms with Crippen LogP contribution in [-0.4, -0.2) is 88.7 Å². The number of aliphatic hydroxyl groups excluding tert-OH is 2. The van der Waals surface area contributed by atoms with Gasteiger partial charge in [-0.25, -0.2) is 9.18 Å². The van der Waals surface area contributed by atoms with Gasteiger partial charge in [-0.3, -0.25) is 19.3 Å². The van der Waals surface area contributed by atoms with Crippen LogP contribution in [0.3, 0.4) is 0 Å². The summed E-state index contributed by atoms with van der Waals surface area (Å²) in [6, 6.07) is 5.17. The van der Waals surface area contributed by atoms with Crippen LogP contribution in [-0.2, 0) is 27.3 Å². The van der Waals surface area contributed by atoms with Crippen molar-refractivity contribution in [3.05, 3.63) is 69.7 Å². The van der Waals surface area contributed by atoms with E-state index in [0.29, 0.717) is 11.3 Å². The fraction of sp³-hybridized carbons (Fsp3) is 0.355. The fourth-order valence-corrected chi connectivity index (χ4v) is 6.69. The van der Waals surface area contributed by atoms with Crippen molar-refractivity contribution < 1.29 is 48.7 Å². The number of ether oxygens (including phenoxy) is 1. The van der Waals surface area contributed by atoms with Crippen LogP contribution in [0.15, 0.2) is 47.2 Å². The standard InChI is InChI=1S/C31H33FN4O9/c1-35(2)19-11-14(12-34-30(43)45-16-7-5-15(32)6-8-16)24(37)21-17(19)9-13-10-18-23(36(3)4)26(39)22(29(33)42)28(41)31(18,44)27(40)20(13)25(21)38/h5-8,11,13,18,23,37-38,41,44H,9-10,12H2,1-4H3,(H2,33,42)(H,34,43)/t13-,18-,23-,31-/m1/s1. The van der Waals surface area contributed by atoms with Gasteiger partial charge in [0, 0.05) is 43.4 Å². The van der Waals surface area contributed by atoms with Crippen molar-refractivity contribution in [3.8, 4) is 11.5 Å². The lowest BCUT2D eigenvalue weighted by Crippen LogP contribution is -2.65. The van der Waals surface area contributed by atoms with Gasteiger partial charge >= 0.3 is 6.09 Å². The number of likely N-dealkylation sites (N-methyl/N-ethyl adjacent to an activating group) is 1. The Bertz CT molecular complexity index is 1700. The number of aromatic hydroxyl groups is 1. The summed E-state index contributed by atoms with van der Waals surface area (Å²) >= 11 is 0. The zero-order valence-electron chi connectivity index (χ0n) is 24.9. The lowest BCUT2D eigenvalue weighted by molar-refractivity contribution is -0.153. The second-order valence-electron chi connectivity index (χ2n) is 11.8. The van der Waals surface area contributed by atoms with Gasteiger partial charge in [-0.2, -0.15) is 0 Å². The molecule has 14 heteroatoms. The van der Waals surface area contributed by atoms with E-state index in [4.69, 9.17) is 10.5 Å². The van der Waals surface area contributed by atoms with E-state index in [2.05, 4.69) is 5.32 Å². The number of phenols is 1. The van der Waals surface area contributed by atoms with Crippen LogP contribution in [0.4, 0.5) is 14.9 Å². The Hall–Kier alpha value is -4.95. The Morgan fingerprint density at radius 2 is 1.76 bits per heavy atom. The number of Topliss-reactive ketones (excluding diaryl/α,β-unsaturated/α-hetero) is 2. The van der Waals surface area contributed by atoms with E-state index in [1.807, 2.05) is 0 Å². The molecule has 0 bridgehead atoms. The number of phenolic OH excluding ortho intramolecular Hbond substituents is 1. The predicted octanol–water partition coefficient (Wildman–Crippen LogP) is 1.46. The first kappa shape index (κ1) is 31.5. The largest absolute Gasteiger partial charge is 0.508 e. The SMILES string of the molecule is CN(C)c1cc(CNC(=O)Oc2ccc(F)cc2)c(O)c2c1C[C@@H]1C[C@@H]3[C@@H](N(C)C)C(=O)C(C(N)=O)=C(O)[C@]3(O)C(=O)C1=C2O. The lowest BCUT2D eigenvalue weighted by atomic mass is 9.57. The summed E-state index contributed by atoms with van der Waals surface area (Å²) in [5.41, 5.74) is 2.49. The predicted molar refractivity (Wildman–Crippen MR) is 158 cm³/mol. The molecule has 2 aromatic carbocycles. The number of amides is 2. The number of hydrogen-bond donors (Lipinski definition) is 6. The molecule has 45 heavy (non-hydrogen) atoms. The molecule has 0 aromatic heterocycles. The number of aliphatic hydroxyl groups is 3. The van der Waals surface area contributed by atoms with E-state index in [1.54, 1.807) is 25.1 Å². The van der Waals surface area contributed by atoms with Crippen LogP contribution in [0.1, 0.15) is 23.1 Å². The van der Waals surface area contributed by atoms with Gasteiger partial charge in [0.25, 0.3) is 5.91 Å². The van der Waals surface area contributed by atoms with Crippen LogP contribution < -0.4 is 20.7 Å². The van der Waals surface area contributed by atoms with Crippen molar-refractivity contribution in [2.45, 2.75) is 31.0 Å². The Morgan fingerprint density at radius 3 is 2.33 bits per heavy atom. The van der Waals surface area contributed by atoms with Crippen molar-refractivity contribution in [1.29, 1.82) is 0 Å². The van der Waals surface area contributed by atoms with E-state index in [9.17, 15) is 44.0 Å². The van der Waals surface area contributed by atoms with E-state index in [-0.39, 0.29) is 41.8 Å². The zero-order valence-corrected chi connectivity index (χ0v) is 24.9. The van der Waals surface area contributed by atoms with Gasteiger partial charge in [0.2, 0.25) is 5.78 Å². The minimum Gasteiger partial charge on any atom is -0.508 e. The molecule has 13 nitrogen and oxygen atoms in total. The number of benzene rings is 2. The van der Waals surface area contributed by atoms with Crippen LogP contribution in [0.5, 0.6) is 11.5 Å². The van der Waals surface area contributed by atoms with Gasteiger partial charge in [0.1, 0.15) is 34.4 Å². The van der Waals surface area contributed by atoms with Crippen molar-refractivity contribution in [2.75, 3.05) is 33.1 Å². The monoisotopic (exact) mass is 624 g/mol. The molecular formula is C31H33FN4O9. The van der Waals surface area contributed by atoms with Crippen molar-refractivity contribution in [1.82, 2.24) is 10.2 Å². The molecule has 7 N–H and O–H groups in total. The van der Waals surface area contributed by atoms with E-state index in [1.165, 1.54) is 31.1 Å². The Labute approximate surface area is 257 Å². The van der Waals surface area contributed by atoms with Gasteiger partial charge in [-0.15, -0.1) is 0 Å². The Morgan fingerprint density at radius 1 is 1.11 bits per heavy atom. The van der Waals surface area contributed by atoms with Gasteiger partial charge in [-0.05, 0) is 68.8 Å². The maximum absolute atomic E-state index is 14.1. The van der Waals surface area contributed by atoms with Gasteiger partial charge in [0.05, 0.1) is 11.6 Å². The third kappa shape index (κ3) is 4.95. The van der Waals surface area contributed by atoms with Crippen molar-refractivity contribution in [2.24, 2.45) is 17.6 Å². The summed E-state index contributed by atoms with van der Waals surface area (Å²) in [7, 11) is 6.51. The molecule has 0 heterocycles. The third-order valence-corrected chi connectivity index (χ3v) is 8.71. The summed E-state index contributed by atoms with van der Waals surface area (Å²) in [5.74, 6) is -7.91. The minimum atomic E-state index is -2.76. The number of halogens is 1. The van der Waals surface area contributed by atoms with E-state index in [0.717, 1.165) is 12.1 Å². The topological polar surface area (TPSA) is 203 Å². The van der Waals surface area contributed by atoms with Crippen LogP contribution in [0, 0.1) is 17.7 Å². The number of ketones is 2. The molecule has 0 radical (unpaired) electrons. The van der Waals surface area contributed by atoms with E-state index < -0.39 is 75.7 Å². The Kier molecular flexibility index (Phi) is 7.83. The molecule has 3 aliphatic rings. The average molecular weight is 625 g/mol. The lowest BCUT2D eigenvalue weighted by Gasteiger charge is -2.50. The molecular weight excluding hydrogens is 591 g/mol. The Balaban J connectivity index is 1.57. The molecule has 5 rings (SSSR count). The summed E-state index contributed by atoms with van der Waals surface area (Å²) in [4.78, 5) is 55.1. The summed E-state index contributed by atoms with van der Waals surface area (Å²) in [5, 5.41) is 48.2. The van der Waals surface area contributed by atoms with Crippen molar-refractivity contribution >= 4 is 35.0 Å². The number of nitrogens with zero attached hydrogens (tertiary/aromatic N) is 2. The highest BCUT2D eigenvalue weighted by Crippen LogP contribution is 2.54. The minimum absolute atomic E-state index is 0.0437. The van der Waals surface area contributed by atoms with E-state index >= 15 is 0 Å². The summed E-state index contributed by atoms with van der Waals surface area (Å²) in [6.45, 7) is -0.274. The molecule has 1 saturated carbocycles. The third-order valence-electron chi connectivity index (χ3n) is 8.71. The number of hydrogen-bond acceptors (Lipinski definition) is 11. The quantitative estimate of drug-likeness (QED) is 0.254. The number of nitrogens with two attached hydrogens (primary N) is 1. The molecule has 3 aliphatic carbocycles. The first-order valence-corrected chi connectivity index (χ1v) is 14.0. The number of nitrogens with one attached hydrogen (secondary N) is 1. The summed E-state index contributed by atoms with van der Waals surface area (Å²) < 4.78 is 18.3. The van der Waals surface area contributed by atoms with Crippen LogP contribution in [0.25, 0.3) is 5.76 Å². The molecule has 2 aromatic rings. The average Bonchev–Trinajstić information content (AvgIpc) is 2.95. The maximum atomic E-state index is 14.1. The van der Waals surface area contributed by atoms with Gasteiger partial charge in [-0.1, -0.05) is 0 Å². The molecule has 2 amide bonds. The number of primary amides is 1. The first-order chi connectivity index (χ1) is 21.1. The first-order valence-electron chi connectivity index (χ1n) is 14.0. The van der Waals surface area contributed by atoms with Gasteiger partial charge in [0.15, 0.2) is 11.4 Å². The second kappa shape index (κ2) is 11.2. The number of anilines is 1. The van der Waals surface area contributed by atoms with Crippen molar-refractivity contribution in [3.63, 3.8) is 0 Å². The summed E-state index contributed by atoms with van der Waals surface area (Å²) in [6.07, 6.45) is -0.841. The van der Waals surface area contributed by atoms with Gasteiger partial charge < -0.3 is 41.1 Å². The van der Waals surface area contributed by atoms with Crippen LogP contribution in [0.2, 0.25) is 0 Å². The number of rotatable bonds is 6. The molecule has 0 unspecified atom stereocenters. The number of carbonyl (C=O) groups is 4. The molecule has 0 spiro atoms. The molecule has 238 valence electrons. The molecule has 1 fully saturated rings. The maximum Gasteiger partial charge on any atom is 0.412 e.